The molecule has 1 aromatic carbocycles. The van der Waals surface area contributed by atoms with Crippen LogP contribution in [0.3, 0.4) is 0 Å². The topological polar surface area (TPSA) is 99.1 Å². The number of hydrogen-bond acceptors (Lipinski definition) is 4. The van der Waals surface area contributed by atoms with Crippen LogP contribution >= 0.6 is 11.6 Å². The molecule has 8 heteroatoms. The lowest BCUT2D eigenvalue weighted by Gasteiger charge is -2.47. The van der Waals surface area contributed by atoms with Crippen LogP contribution in [0.2, 0.25) is 5.02 Å². The van der Waals surface area contributed by atoms with Crippen molar-refractivity contribution in [1.82, 2.24) is 10.2 Å². The first kappa shape index (κ1) is 28.1. The quantitative estimate of drug-likeness (QED) is 0.476. The van der Waals surface area contributed by atoms with Gasteiger partial charge in [0, 0.05) is 17.7 Å². The normalized spacial score (nSPS) is 24.6. The van der Waals surface area contributed by atoms with Crippen LogP contribution in [0.25, 0.3) is 0 Å². The van der Waals surface area contributed by atoms with Crippen molar-refractivity contribution in [3.63, 3.8) is 0 Å². The van der Waals surface area contributed by atoms with Crippen LogP contribution < -0.4 is 5.32 Å². The Balaban J connectivity index is 1.60. The lowest BCUT2D eigenvalue weighted by atomic mass is 9.69. The predicted molar refractivity (Wildman–Crippen MR) is 149 cm³/mol. The number of aliphatic carboxylic acids is 1. The van der Waals surface area contributed by atoms with Crippen molar-refractivity contribution < 1.29 is 19.5 Å². The predicted octanol–water partition coefficient (Wildman–Crippen LogP) is 5.53. The van der Waals surface area contributed by atoms with Gasteiger partial charge in [-0.25, -0.2) is 0 Å². The highest BCUT2D eigenvalue weighted by Gasteiger charge is 2.52. The summed E-state index contributed by atoms with van der Waals surface area (Å²) in [6.07, 6.45) is 8.41. The number of aliphatic imine (C=N–C) groups is 1. The van der Waals surface area contributed by atoms with Crippen molar-refractivity contribution >= 4 is 35.1 Å². The van der Waals surface area contributed by atoms with Crippen LogP contribution in [0.5, 0.6) is 0 Å². The molecule has 2 N–H and O–H groups in total. The van der Waals surface area contributed by atoms with Gasteiger partial charge in [0.15, 0.2) is 0 Å². The van der Waals surface area contributed by atoms with E-state index in [0.29, 0.717) is 40.6 Å². The number of nitrogens with one attached hydrogen (secondary N) is 1. The highest BCUT2D eigenvalue weighted by atomic mass is 35.5. The van der Waals surface area contributed by atoms with Gasteiger partial charge in [-0.3, -0.25) is 19.4 Å². The molecule has 0 bridgehead atoms. The molecule has 1 aliphatic heterocycles. The molecular weight excluding hydrogens is 502 g/mol. The third kappa shape index (κ3) is 5.73. The molecule has 38 heavy (non-hydrogen) atoms. The molecule has 7 nitrogen and oxygen atoms in total. The molecule has 2 aliphatic carbocycles. The fourth-order valence-corrected chi connectivity index (χ4v) is 6.26. The van der Waals surface area contributed by atoms with E-state index in [1.807, 2.05) is 29.2 Å². The number of amides is 2. The Bertz CT molecular complexity index is 1200. The smallest absolute Gasteiger partial charge is 0.305 e. The third-order valence-corrected chi connectivity index (χ3v) is 8.68. The molecule has 3 aliphatic rings. The number of carbonyl (C=O) groups is 3. The van der Waals surface area contributed by atoms with Crippen molar-refractivity contribution in [2.24, 2.45) is 16.3 Å². The van der Waals surface area contributed by atoms with E-state index in [-0.39, 0.29) is 36.2 Å². The van der Waals surface area contributed by atoms with Crippen LogP contribution in [-0.4, -0.2) is 51.8 Å². The van der Waals surface area contributed by atoms with E-state index in [9.17, 15) is 14.4 Å². The summed E-state index contributed by atoms with van der Waals surface area (Å²) >= 11 is 6.51. The highest BCUT2D eigenvalue weighted by Crippen LogP contribution is 2.48. The molecule has 4 rings (SSSR count). The fourth-order valence-electron chi connectivity index (χ4n) is 6.03. The van der Waals surface area contributed by atoms with Crippen LogP contribution in [0.4, 0.5) is 0 Å². The van der Waals surface area contributed by atoms with Crippen molar-refractivity contribution in [2.75, 3.05) is 6.54 Å². The van der Waals surface area contributed by atoms with E-state index in [0.717, 1.165) is 31.3 Å². The molecule has 1 atom stereocenters. The van der Waals surface area contributed by atoms with Crippen molar-refractivity contribution in [1.29, 1.82) is 0 Å². The van der Waals surface area contributed by atoms with Gasteiger partial charge in [0.05, 0.1) is 17.5 Å². The first-order valence-electron chi connectivity index (χ1n) is 13.5. The molecule has 1 spiro atoms. The van der Waals surface area contributed by atoms with E-state index in [1.165, 1.54) is 0 Å². The van der Waals surface area contributed by atoms with Crippen LogP contribution in [-0.2, 0) is 14.4 Å². The highest BCUT2D eigenvalue weighted by molar-refractivity contribution is 6.50. The van der Waals surface area contributed by atoms with E-state index in [4.69, 9.17) is 21.7 Å². The molecule has 0 aromatic heterocycles. The van der Waals surface area contributed by atoms with Crippen molar-refractivity contribution in [2.45, 2.75) is 84.3 Å². The summed E-state index contributed by atoms with van der Waals surface area (Å²) < 4.78 is 0. The largest absolute Gasteiger partial charge is 0.481 e. The fraction of sp³-hybridized carbons (Fsp3) is 0.533. The molecule has 1 fully saturated rings. The number of allylic oxidation sites excluding steroid dienone is 2. The van der Waals surface area contributed by atoms with Gasteiger partial charge in [0.2, 0.25) is 5.91 Å². The van der Waals surface area contributed by atoms with Crippen molar-refractivity contribution in [3.05, 3.63) is 58.1 Å². The summed E-state index contributed by atoms with van der Waals surface area (Å²) in [6.45, 7) is 8.99. The van der Waals surface area contributed by atoms with Gasteiger partial charge in [-0.15, -0.1) is 0 Å². The summed E-state index contributed by atoms with van der Waals surface area (Å²) in [5.74, 6) is -0.716. The maximum Gasteiger partial charge on any atom is 0.305 e. The number of halogens is 1. The minimum absolute atomic E-state index is 0.0955. The number of carbonyl (C=O) groups excluding carboxylic acids is 2. The second-order valence-electron chi connectivity index (χ2n) is 11.7. The van der Waals surface area contributed by atoms with Gasteiger partial charge < -0.3 is 15.3 Å². The molecule has 1 unspecified atom stereocenters. The summed E-state index contributed by atoms with van der Waals surface area (Å²) in [5.41, 5.74) is 2.40. The molecule has 0 saturated heterocycles. The first-order chi connectivity index (χ1) is 17.9. The van der Waals surface area contributed by atoms with Crippen LogP contribution in [0, 0.1) is 11.3 Å². The number of rotatable bonds is 7. The molecular formula is C30H38ClN3O4. The SMILES string of the molecule is CC(C1=CC=C(C(=O)NCCC(=O)O)CC1)N1C(=O)C(c2ccccc2Cl)=NC12CCC(C(C)(C)C)CC2. The number of carboxylic acids is 1. The molecule has 204 valence electrons. The number of carboxylic acid groups (broad SMARTS) is 1. The molecule has 2 amide bonds. The maximum absolute atomic E-state index is 14.0. The molecule has 1 saturated carbocycles. The molecule has 0 radical (unpaired) electrons. The van der Waals surface area contributed by atoms with E-state index >= 15 is 0 Å². The second kappa shape index (κ2) is 11.0. The molecule has 1 aromatic rings. The Hall–Kier alpha value is -2.93. The van der Waals surface area contributed by atoms with Gasteiger partial charge in [-0.05, 0) is 68.4 Å². The zero-order valence-electron chi connectivity index (χ0n) is 22.7. The lowest BCUT2D eigenvalue weighted by molar-refractivity contribution is -0.137. The Morgan fingerprint density at radius 2 is 1.87 bits per heavy atom. The third-order valence-electron chi connectivity index (χ3n) is 8.35. The maximum atomic E-state index is 14.0. The zero-order chi connectivity index (χ0) is 27.7. The minimum Gasteiger partial charge on any atom is -0.481 e. The monoisotopic (exact) mass is 539 g/mol. The first-order valence-corrected chi connectivity index (χ1v) is 13.9. The summed E-state index contributed by atoms with van der Waals surface area (Å²) in [4.78, 5) is 44.3. The second-order valence-corrected chi connectivity index (χ2v) is 12.2. The van der Waals surface area contributed by atoms with Crippen LogP contribution in [0.15, 0.2) is 52.6 Å². The summed E-state index contributed by atoms with van der Waals surface area (Å²) in [6, 6.07) is 7.19. The summed E-state index contributed by atoms with van der Waals surface area (Å²) in [5, 5.41) is 12.0. The van der Waals surface area contributed by atoms with Gasteiger partial charge in [0.25, 0.3) is 5.91 Å². The zero-order valence-corrected chi connectivity index (χ0v) is 23.5. The average molecular weight is 540 g/mol. The Morgan fingerprint density at radius 3 is 2.45 bits per heavy atom. The average Bonchev–Trinajstić information content (AvgIpc) is 3.14. The Kier molecular flexibility index (Phi) is 8.17. The van der Waals surface area contributed by atoms with Crippen molar-refractivity contribution in [3.8, 4) is 0 Å². The van der Waals surface area contributed by atoms with E-state index in [2.05, 4.69) is 33.0 Å². The standard InChI is InChI=1S/C30H38ClN3O4/c1-19(20-9-11-21(12-10-20)27(37)32-18-15-25(35)36)34-28(38)26(23-7-5-6-8-24(23)31)33-30(34)16-13-22(14-17-30)29(2,3)4/h5-9,11,19,22H,10,12-18H2,1-4H3,(H,32,37)(H,35,36). The molecule has 1 heterocycles. The van der Waals surface area contributed by atoms with Crippen LogP contribution in [0.1, 0.15) is 78.2 Å². The Labute approximate surface area is 230 Å². The van der Waals surface area contributed by atoms with Gasteiger partial charge in [-0.2, -0.15) is 0 Å². The van der Waals surface area contributed by atoms with Gasteiger partial charge in [0.1, 0.15) is 11.4 Å². The number of benzene rings is 1. The van der Waals surface area contributed by atoms with E-state index in [1.54, 1.807) is 12.1 Å². The number of hydrogen-bond donors (Lipinski definition) is 2. The summed E-state index contributed by atoms with van der Waals surface area (Å²) in [7, 11) is 0. The van der Waals surface area contributed by atoms with Gasteiger partial charge >= 0.3 is 5.97 Å². The van der Waals surface area contributed by atoms with E-state index < -0.39 is 11.6 Å². The van der Waals surface area contributed by atoms with Gasteiger partial charge in [-0.1, -0.05) is 62.7 Å². The minimum atomic E-state index is -0.946. The lowest BCUT2D eigenvalue weighted by Crippen LogP contribution is -2.54. The number of nitrogens with zero attached hydrogens (tertiary/aromatic N) is 2. The Morgan fingerprint density at radius 1 is 1.18 bits per heavy atom.